The Morgan fingerprint density at radius 1 is 1.00 bits per heavy atom. The number of rotatable bonds is 4. The van der Waals surface area contributed by atoms with E-state index in [1.165, 1.54) is 18.2 Å². The monoisotopic (exact) mass is 307 g/mol. The quantitative estimate of drug-likeness (QED) is 0.805. The van der Waals surface area contributed by atoms with Crippen LogP contribution >= 0.6 is 0 Å². The van der Waals surface area contributed by atoms with E-state index < -0.39 is 5.82 Å². The summed E-state index contributed by atoms with van der Waals surface area (Å²) in [6.07, 6.45) is 3.40. The molecule has 1 aromatic carbocycles. The summed E-state index contributed by atoms with van der Waals surface area (Å²) in [6.45, 7) is 0.324. The highest BCUT2D eigenvalue weighted by Gasteiger charge is 2.06. The summed E-state index contributed by atoms with van der Waals surface area (Å²) < 4.78 is 13.1. The van der Waals surface area contributed by atoms with Gasteiger partial charge in [0.05, 0.1) is 11.4 Å². The number of pyridine rings is 2. The third-order valence-corrected chi connectivity index (χ3v) is 3.29. The Morgan fingerprint density at radius 2 is 1.87 bits per heavy atom. The maximum absolute atomic E-state index is 13.1. The van der Waals surface area contributed by atoms with Crippen LogP contribution in [-0.2, 0) is 6.54 Å². The van der Waals surface area contributed by atoms with E-state index in [0.29, 0.717) is 12.1 Å². The molecule has 0 bridgehead atoms. The van der Waals surface area contributed by atoms with Gasteiger partial charge >= 0.3 is 0 Å². The van der Waals surface area contributed by atoms with Gasteiger partial charge in [-0.05, 0) is 42.0 Å². The largest absolute Gasteiger partial charge is 0.348 e. The van der Waals surface area contributed by atoms with E-state index in [1.54, 1.807) is 18.5 Å². The molecular weight excluding hydrogens is 293 g/mol. The van der Waals surface area contributed by atoms with E-state index in [2.05, 4.69) is 15.3 Å². The molecule has 0 fully saturated rings. The Labute approximate surface area is 133 Å². The van der Waals surface area contributed by atoms with Gasteiger partial charge in [0.25, 0.3) is 5.91 Å². The van der Waals surface area contributed by atoms with E-state index in [9.17, 15) is 9.18 Å². The average molecular weight is 307 g/mol. The molecule has 5 heteroatoms. The van der Waals surface area contributed by atoms with Crippen molar-refractivity contribution >= 4 is 5.91 Å². The number of aromatic nitrogens is 2. The smallest absolute Gasteiger partial charge is 0.251 e. The van der Waals surface area contributed by atoms with Crippen LogP contribution in [0.2, 0.25) is 0 Å². The number of amides is 1. The van der Waals surface area contributed by atoms with Crippen LogP contribution < -0.4 is 5.32 Å². The number of nitrogens with one attached hydrogen (secondary N) is 1. The summed E-state index contributed by atoms with van der Waals surface area (Å²) in [4.78, 5) is 20.5. The summed E-state index contributed by atoms with van der Waals surface area (Å²) >= 11 is 0. The maximum Gasteiger partial charge on any atom is 0.251 e. The van der Waals surface area contributed by atoms with Crippen molar-refractivity contribution in [2.75, 3.05) is 0 Å². The standard InChI is InChI=1S/C18H14FN3O/c19-15-5-3-4-14(10-15)18(23)22-12-13-7-8-17(21-11-13)16-6-1-2-9-20-16/h1-11H,12H2,(H,22,23). The Bertz CT molecular complexity index is 804. The number of carbonyl (C=O) groups excluding carboxylic acids is 1. The molecule has 114 valence electrons. The van der Waals surface area contributed by atoms with Gasteiger partial charge in [-0.1, -0.05) is 18.2 Å². The molecule has 0 unspecified atom stereocenters. The second kappa shape index (κ2) is 6.79. The first-order chi connectivity index (χ1) is 11.2. The van der Waals surface area contributed by atoms with Gasteiger partial charge in [-0.2, -0.15) is 0 Å². The molecule has 3 rings (SSSR count). The molecule has 0 aliphatic heterocycles. The van der Waals surface area contributed by atoms with Crippen molar-refractivity contribution in [1.82, 2.24) is 15.3 Å². The third kappa shape index (κ3) is 3.77. The summed E-state index contributed by atoms with van der Waals surface area (Å²) in [5.74, 6) is -0.752. The van der Waals surface area contributed by atoms with Crippen LogP contribution in [0, 0.1) is 5.82 Å². The molecule has 0 saturated carbocycles. The highest BCUT2D eigenvalue weighted by molar-refractivity contribution is 5.94. The minimum Gasteiger partial charge on any atom is -0.348 e. The molecule has 1 N–H and O–H groups in total. The minimum absolute atomic E-state index is 0.295. The number of nitrogens with zero attached hydrogens (tertiary/aromatic N) is 2. The zero-order valence-corrected chi connectivity index (χ0v) is 12.2. The second-order valence-corrected chi connectivity index (χ2v) is 4.96. The molecule has 1 amide bonds. The van der Waals surface area contributed by atoms with Gasteiger partial charge in [0, 0.05) is 24.5 Å². The molecule has 0 spiro atoms. The maximum atomic E-state index is 13.1. The lowest BCUT2D eigenvalue weighted by Gasteiger charge is -2.06. The van der Waals surface area contributed by atoms with Crippen molar-refractivity contribution in [3.8, 4) is 11.4 Å². The first kappa shape index (κ1) is 14.8. The first-order valence-corrected chi connectivity index (χ1v) is 7.12. The van der Waals surface area contributed by atoms with Crippen molar-refractivity contribution < 1.29 is 9.18 Å². The van der Waals surface area contributed by atoms with Crippen LogP contribution in [0.3, 0.4) is 0 Å². The molecule has 23 heavy (non-hydrogen) atoms. The Balaban J connectivity index is 1.64. The van der Waals surface area contributed by atoms with Gasteiger partial charge in [0.1, 0.15) is 5.82 Å². The minimum atomic E-state index is -0.431. The molecule has 0 aliphatic rings. The van der Waals surface area contributed by atoms with Crippen molar-refractivity contribution in [3.63, 3.8) is 0 Å². The lowest BCUT2D eigenvalue weighted by molar-refractivity contribution is 0.0950. The average Bonchev–Trinajstić information content (AvgIpc) is 2.61. The summed E-state index contributed by atoms with van der Waals surface area (Å²) in [7, 11) is 0. The second-order valence-electron chi connectivity index (χ2n) is 4.96. The van der Waals surface area contributed by atoms with Gasteiger partial charge in [0.15, 0.2) is 0 Å². The van der Waals surface area contributed by atoms with Gasteiger partial charge in [-0.3, -0.25) is 14.8 Å². The number of hydrogen-bond donors (Lipinski definition) is 1. The van der Waals surface area contributed by atoms with Gasteiger partial charge in [-0.15, -0.1) is 0 Å². The lowest BCUT2D eigenvalue weighted by Crippen LogP contribution is -2.22. The highest BCUT2D eigenvalue weighted by Crippen LogP contribution is 2.13. The number of carbonyl (C=O) groups is 1. The van der Waals surface area contributed by atoms with Crippen molar-refractivity contribution in [1.29, 1.82) is 0 Å². The molecule has 2 heterocycles. The van der Waals surface area contributed by atoms with Crippen molar-refractivity contribution in [2.24, 2.45) is 0 Å². The van der Waals surface area contributed by atoms with Crippen LogP contribution in [0.25, 0.3) is 11.4 Å². The molecule has 0 saturated heterocycles. The van der Waals surface area contributed by atoms with Crippen molar-refractivity contribution in [2.45, 2.75) is 6.54 Å². The van der Waals surface area contributed by atoms with Crippen LogP contribution in [0.1, 0.15) is 15.9 Å². The topological polar surface area (TPSA) is 54.9 Å². The van der Waals surface area contributed by atoms with Gasteiger partial charge < -0.3 is 5.32 Å². The first-order valence-electron chi connectivity index (χ1n) is 7.12. The SMILES string of the molecule is O=C(NCc1ccc(-c2ccccn2)nc1)c1cccc(F)c1. The Kier molecular flexibility index (Phi) is 4.38. The summed E-state index contributed by atoms with van der Waals surface area (Å²) in [5.41, 5.74) is 2.71. The van der Waals surface area contributed by atoms with Crippen LogP contribution in [0.15, 0.2) is 67.0 Å². The van der Waals surface area contributed by atoms with E-state index in [4.69, 9.17) is 0 Å². The third-order valence-electron chi connectivity index (χ3n) is 3.29. The Morgan fingerprint density at radius 3 is 2.57 bits per heavy atom. The van der Waals surface area contributed by atoms with Crippen molar-refractivity contribution in [3.05, 3.63) is 83.9 Å². The molecule has 4 nitrogen and oxygen atoms in total. The number of halogens is 1. The fraction of sp³-hybridized carbons (Fsp3) is 0.0556. The fourth-order valence-corrected chi connectivity index (χ4v) is 2.11. The van der Waals surface area contributed by atoms with E-state index in [-0.39, 0.29) is 5.91 Å². The van der Waals surface area contributed by atoms with Gasteiger partial charge in [0.2, 0.25) is 0 Å². The normalized spacial score (nSPS) is 10.3. The van der Waals surface area contributed by atoms with Crippen LogP contribution in [0.5, 0.6) is 0 Å². The number of hydrogen-bond acceptors (Lipinski definition) is 3. The van der Waals surface area contributed by atoms with E-state index in [0.717, 1.165) is 17.0 Å². The highest BCUT2D eigenvalue weighted by atomic mass is 19.1. The molecule has 0 radical (unpaired) electrons. The van der Waals surface area contributed by atoms with Gasteiger partial charge in [-0.25, -0.2) is 4.39 Å². The molecule has 2 aromatic heterocycles. The zero-order chi connectivity index (χ0) is 16.1. The van der Waals surface area contributed by atoms with E-state index in [1.807, 2.05) is 30.3 Å². The zero-order valence-electron chi connectivity index (χ0n) is 12.2. The van der Waals surface area contributed by atoms with E-state index >= 15 is 0 Å². The van der Waals surface area contributed by atoms with Crippen LogP contribution in [0.4, 0.5) is 4.39 Å². The fourth-order valence-electron chi connectivity index (χ4n) is 2.11. The summed E-state index contributed by atoms with van der Waals surface area (Å²) in [6, 6.07) is 14.9. The van der Waals surface area contributed by atoms with Crippen LogP contribution in [-0.4, -0.2) is 15.9 Å². The summed E-state index contributed by atoms with van der Waals surface area (Å²) in [5, 5.41) is 2.74. The molecular formula is C18H14FN3O. The molecule has 3 aromatic rings. The predicted octanol–water partition coefficient (Wildman–Crippen LogP) is 3.21. The Hall–Kier alpha value is -3.08. The predicted molar refractivity (Wildman–Crippen MR) is 85.0 cm³/mol. The molecule has 0 atom stereocenters. The number of benzene rings is 1. The molecule has 0 aliphatic carbocycles. The lowest BCUT2D eigenvalue weighted by atomic mass is 10.2.